The van der Waals surface area contributed by atoms with Crippen LogP contribution >= 0.6 is 10.2 Å². The van der Waals surface area contributed by atoms with Crippen molar-refractivity contribution in [3.63, 3.8) is 0 Å². The number of benzene rings is 1. The zero-order valence-electron chi connectivity index (χ0n) is 23.7. The lowest BCUT2D eigenvalue weighted by Crippen LogP contribution is -2.52. The molecule has 3 atom stereocenters. The van der Waals surface area contributed by atoms with E-state index in [9.17, 15) is 48.2 Å². The number of aromatic amines is 1. The number of likely N-dealkylation sites (tertiary alicyclic amines) is 1. The van der Waals surface area contributed by atoms with Gasteiger partial charge in [-0.15, -0.1) is 0 Å². The number of aliphatic hydroxyl groups is 1. The molecule has 2 amide bonds. The number of anilines is 1. The number of rotatable bonds is 7. The van der Waals surface area contributed by atoms with Gasteiger partial charge in [0.05, 0.1) is 23.9 Å². The number of fused-ring (bicyclic) bond motifs is 1. The maximum atomic E-state index is 14.3. The molecule has 17 heteroatoms. The van der Waals surface area contributed by atoms with Crippen LogP contribution in [0.4, 0.5) is 33.9 Å². The number of halogens is 7. The average Bonchev–Trinajstić information content (AvgIpc) is 3.55. The Morgan fingerprint density at radius 3 is 2.38 bits per heavy atom. The quantitative estimate of drug-likeness (QED) is 0.202. The number of alkyl halides is 2. The van der Waals surface area contributed by atoms with Crippen molar-refractivity contribution in [1.82, 2.24) is 20.2 Å². The molecule has 0 radical (unpaired) electrons. The number of nitrogens with zero attached hydrogens (tertiary/aromatic N) is 4. The van der Waals surface area contributed by atoms with Gasteiger partial charge >= 0.3 is 10.2 Å². The lowest BCUT2D eigenvalue weighted by molar-refractivity contribution is -0.129. The lowest BCUT2D eigenvalue weighted by atomic mass is 9.91. The number of pyridine rings is 1. The number of hydrogen-bond acceptors (Lipinski definition) is 6. The summed E-state index contributed by atoms with van der Waals surface area (Å²) < 4.78 is 95.7. The number of aromatic nitrogens is 2. The van der Waals surface area contributed by atoms with Crippen LogP contribution in [0.25, 0.3) is 10.9 Å². The van der Waals surface area contributed by atoms with Crippen LogP contribution in [-0.2, 0) is 9.59 Å². The van der Waals surface area contributed by atoms with Crippen molar-refractivity contribution in [1.29, 1.82) is 5.26 Å². The molecule has 5 rings (SSSR count). The smallest absolute Gasteiger partial charge is 0.310 e. The fraction of sp³-hybridized carbons (Fsp3) is 0.429. The number of hydrogen-bond donors (Lipinski definition) is 3. The van der Waals surface area contributed by atoms with E-state index in [-0.39, 0.29) is 43.5 Å². The number of H-pyrrole nitrogens is 1. The van der Waals surface area contributed by atoms with Gasteiger partial charge in [0.25, 0.3) is 5.91 Å². The van der Waals surface area contributed by atoms with Gasteiger partial charge in [-0.25, -0.2) is 8.78 Å². The monoisotopic (exact) mass is 662 g/mol. The van der Waals surface area contributed by atoms with Crippen molar-refractivity contribution in [2.45, 2.75) is 73.6 Å². The van der Waals surface area contributed by atoms with Gasteiger partial charge in [0.1, 0.15) is 17.0 Å². The van der Waals surface area contributed by atoms with E-state index in [4.69, 9.17) is 0 Å². The van der Waals surface area contributed by atoms with Gasteiger partial charge < -0.3 is 15.4 Å². The highest BCUT2D eigenvalue weighted by Crippen LogP contribution is 3.02. The molecule has 1 aliphatic heterocycles. The molecular weight excluding hydrogens is 633 g/mol. The van der Waals surface area contributed by atoms with E-state index in [2.05, 4.69) is 15.3 Å². The highest BCUT2D eigenvalue weighted by Gasteiger charge is 2.65. The molecule has 2 aromatic heterocycles. The van der Waals surface area contributed by atoms with Crippen molar-refractivity contribution in [3.05, 3.63) is 54.5 Å². The molecule has 1 aliphatic carbocycles. The Labute approximate surface area is 252 Å². The largest absolute Gasteiger partial charge is 0.388 e. The Hall–Kier alpha value is -4.04. The summed E-state index contributed by atoms with van der Waals surface area (Å²) in [4.78, 5) is 35.0. The molecular formula is C28H29F7N6O3S. The van der Waals surface area contributed by atoms with E-state index in [1.807, 2.05) is 0 Å². The van der Waals surface area contributed by atoms with Crippen LogP contribution in [0.1, 0.15) is 50.6 Å². The predicted molar refractivity (Wildman–Crippen MR) is 151 cm³/mol. The third-order valence-corrected chi connectivity index (χ3v) is 9.27. The molecule has 3 heterocycles. The topological polar surface area (TPSA) is 125 Å². The Morgan fingerprint density at radius 2 is 1.78 bits per heavy atom. The van der Waals surface area contributed by atoms with Crippen LogP contribution in [0, 0.1) is 11.5 Å². The van der Waals surface area contributed by atoms with E-state index in [1.165, 1.54) is 25.5 Å². The molecule has 2 fully saturated rings. The molecule has 45 heavy (non-hydrogen) atoms. The highest BCUT2D eigenvalue weighted by atomic mass is 32.5. The van der Waals surface area contributed by atoms with Crippen LogP contribution in [0.2, 0.25) is 0 Å². The van der Waals surface area contributed by atoms with Crippen LogP contribution in [-0.4, -0.2) is 61.9 Å². The summed E-state index contributed by atoms with van der Waals surface area (Å²) in [7, 11) is -10.1. The van der Waals surface area contributed by atoms with Gasteiger partial charge in [-0.05, 0) is 50.1 Å². The molecule has 2 aliphatic rings. The average molecular weight is 663 g/mol. The second-order valence-corrected chi connectivity index (χ2v) is 14.2. The number of β-amino-alcohol motifs (C(OH)–C–C–N with tert-alkyl or cyclic N) is 1. The third kappa shape index (κ3) is 6.81. The van der Waals surface area contributed by atoms with E-state index in [0.717, 1.165) is 9.80 Å². The van der Waals surface area contributed by atoms with Gasteiger partial charge in [0, 0.05) is 54.3 Å². The Morgan fingerprint density at radius 1 is 1.13 bits per heavy atom. The first-order chi connectivity index (χ1) is 20.7. The maximum Gasteiger partial charge on any atom is 0.310 e. The Kier molecular flexibility index (Phi) is 7.36. The summed E-state index contributed by atoms with van der Waals surface area (Å²) in [5, 5.41) is 23.4. The zero-order valence-corrected chi connectivity index (χ0v) is 24.5. The van der Waals surface area contributed by atoms with Crippen molar-refractivity contribution < 1.29 is 42.9 Å². The van der Waals surface area contributed by atoms with Gasteiger partial charge in [0.15, 0.2) is 6.19 Å². The van der Waals surface area contributed by atoms with Crippen molar-refractivity contribution >= 4 is 38.6 Å². The van der Waals surface area contributed by atoms with Gasteiger partial charge in [-0.2, -0.15) is 5.26 Å². The summed E-state index contributed by atoms with van der Waals surface area (Å²) >= 11 is 0. The first-order valence-corrected chi connectivity index (χ1v) is 15.8. The molecule has 0 spiro atoms. The summed E-state index contributed by atoms with van der Waals surface area (Å²) in [6, 6.07) is -0.897. The number of nitriles is 1. The number of nitrogens with one attached hydrogen (secondary N) is 2. The minimum absolute atomic E-state index is 0.0748. The van der Waals surface area contributed by atoms with Crippen molar-refractivity contribution in [3.8, 4) is 6.19 Å². The van der Waals surface area contributed by atoms with Crippen LogP contribution < -0.4 is 10.2 Å². The molecule has 3 N–H and O–H groups in total. The third-order valence-electron chi connectivity index (χ3n) is 8.10. The maximum absolute atomic E-state index is 14.3. The second-order valence-electron chi connectivity index (χ2n) is 11.8. The SMILES string of the molecule is C[C@@]1(O)C[C@H](C(=O)N(c2ccc(S(F)(F)(F)(F)F)cc2)C(C(=O)NC2CCC(F)(F)CC2)c2cncc3[nH]ccc23)N(C#N)C1. The van der Waals surface area contributed by atoms with E-state index < -0.39 is 75.1 Å². The normalized spacial score (nSPS) is 24.4. The molecule has 1 saturated heterocycles. The minimum atomic E-state index is -10.1. The predicted octanol–water partition coefficient (Wildman–Crippen LogP) is 6.30. The summed E-state index contributed by atoms with van der Waals surface area (Å²) in [5.74, 6) is -4.83. The second kappa shape index (κ2) is 10.2. The molecule has 9 nitrogen and oxygen atoms in total. The zero-order chi connectivity index (χ0) is 33.1. The highest BCUT2D eigenvalue weighted by molar-refractivity contribution is 8.45. The number of amides is 2. The van der Waals surface area contributed by atoms with Crippen molar-refractivity contribution in [2.24, 2.45) is 0 Å². The van der Waals surface area contributed by atoms with Gasteiger partial charge in [-0.1, -0.05) is 19.4 Å². The minimum Gasteiger partial charge on any atom is -0.388 e. The Balaban J connectivity index is 1.66. The first kappa shape index (κ1) is 32.4. The molecule has 1 saturated carbocycles. The first-order valence-electron chi connectivity index (χ1n) is 13.8. The molecule has 0 bridgehead atoms. The van der Waals surface area contributed by atoms with Gasteiger partial charge in [-0.3, -0.25) is 24.4 Å². The fourth-order valence-electron chi connectivity index (χ4n) is 5.90. The van der Waals surface area contributed by atoms with E-state index >= 15 is 0 Å². The van der Waals surface area contributed by atoms with Crippen LogP contribution in [0.15, 0.2) is 53.8 Å². The summed E-state index contributed by atoms with van der Waals surface area (Å²) in [6.07, 6.45) is 4.44. The molecule has 1 unspecified atom stereocenters. The standard InChI is InChI=1S/C28H29F7N6O3S/c1-27(44)12-23(40(15-27)16-36)26(43)41(18-2-4-19(5-3-18)45(31,32,33,34)35)24(21-13-37-14-22-20(21)8-11-38-22)25(42)39-17-6-9-28(29,30)10-7-17/h2-5,8,11,13-14,17,23-24,38,44H,6-7,9-10,12,15H2,1H3,(H,39,42)/t23-,24?,27-/m1/s1. The lowest BCUT2D eigenvalue weighted by Gasteiger charge is -2.41. The summed E-state index contributed by atoms with van der Waals surface area (Å²) in [6.45, 7) is 1.09. The van der Waals surface area contributed by atoms with E-state index in [0.29, 0.717) is 23.0 Å². The van der Waals surface area contributed by atoms with Gasteiger partial charge in [0.2, 0.25) is 11.8 Å². The van der Waals surface area contributed by atoms with Crippen LogP contribution in [0.5, 0.6) is 0 Å². The van der Waals surface area contributed by atoms with Crippen LogP contribution in [0.3, 0.4) is 0 Å². The molecule has 3 aromatic rings. The number of carbonyl (C=O) groups excluding carboxylic acids is 2. The summed E-state index contributed by atoms with van der Waals surface area (Å²) in [5.41, 5.74) is -1.46. The fourth-order valence-corrected chi connectivity index (χ4v) is 6.56. The number of carbonyl (C=O) groups is 2. The molecule has 244 valence electrons. The van der Waals surface area contributed by atoms with Crippen molar-refractivity contribution in [2.75, 3.05) is 11.4 Å². The van der Waals surface area contributed by atoms with E-state index in [1.54, 1.807) is 12.3 Å². The Bertz CT molecular complexity index is 1670. The molecule has 1 aromatic carbocycles.